The van der Waals surface area contributed by atoms with E-state index in [1.807, 2.05) is 6.07 Å². The number of hydrogen-bond donors (Lipinski definition) is 1. The molecule has 0 aliphatic carbocycles. The van der Waals surface area contributed by atoms with E-state index in [9.17, 15) is 12.8 Å². The van der Waals surface area contributed by atoms with Gasteiger partial charge in [0.15, 0.2) is 0 Å². The highest BCUT2D eigenvalue weighted by molar-refractivity contribution is 7.89. The van der Waals surface area contributed by atoms with E-state index in [-0.39, 0.29) is 4.90 Å². The average Bonchev–Trinajstić information content (AvgIpc) is 2.68. The molecule has 0 aliphatic rings. The number of benzene rings is 2. The lowest BCUT2D eigenvalue weighted by molar-refractivity contribution is 0.597. The predicted octanol–water partition coefficient (Wildman–Crippen LogP) is 4.68. The van der Waals surface area contributed by atoms with E-state index >= 15 is 0 Å². The molecule has 0 unspecified atom stereocenters. The van der Waals surface area contributed by atoms with Crippen LogP contribution in [0.2, 0.25) is 0 Å². The smallest absolute Gasteiger partial charge is 0.238 e. The van der Waals surface area contributed by atoms with E-state index in [4.69, 9.17) is 21.8 Å². The molecule has 28 heavy (non-hydrogen) atoms. The molecule has 4 aromatic rings. The minimum Gasteiger partial charge on any atom is -0.455 e. The highest BCUT2D eigenvalue weighted by Crippen LogP contribution is 2.37. The second-order valence-corrected chi connectivity index (χ2v) is 8.06. The number of halogens is 1. The summed E-state index contributed by atoms with van der Waals surface area (Å²) in [5.41, 5.74) is 2.30. The van der Waals surface area contributed by atoms with Crippen molar-refractivity contribution < 1.29 is 17.2 Å². The number of nitrogens with two attached hydrogens (primary N) is 1. The van der Waals surface area contributed by atoms with Gasteiger partial charge in [0.2, 0.25) is 10.0 Å². The molecule has 0 saturated heterocycles. The van der Waals surface area contributed by atoms with Crippen LogP contribution in [0.15, 0.2) is 76.3 Å². The van der Waals surface area contributed by atoms with Gasteiger partial charge in [0, 0.05) is 34.5 Å². The number of primary sulfonamides is 1. The molecule has 2 aromatic carbocycles. The Morgan fingerprint density at radius 1 is 1.04 bits per heavy atom. The maximum atomic E-state index is 13.8. The summed E-state index contributed by atoms with van der Waals surface area (Å²) in [6, 6.07) is 13.7. The van der Waals surface area contributed by atoms with Crippen molar-refractivity contribution in [1.29, 1.82) is 0 Å². The number of pyridine rings is 1. The number of nitrogens with zero attached hydrogens (tertiary/aromatic N) is 1. The molecule has 0 amide bonds. The molecule has 2 aromatic heterocycles. The van der Waals surface area contributed by atoms with Crippen molar-refractivity contribution in [3.63, 3.8) is 0 Å². The van der Waals surface area contributed by atoms with Gasteiger partial charge >= 0.3 is 0 Å². The van der Waals surface area contributed by atoms with E-state index in [0.717, 1.165) is 0 Å². The number of hydrogen-bond acceptors (Lipinski definition) is 5. The molecule has 140 valence electrons. The lowest BCUT2D eigenvalue weighted by Crippen LogP contribution is -2.11. The Morgan fingerprint density at radius 2 is 1.79 bits per heavy atom. The van der Waals surface area contributed by atoms with Crippen LogP contribution in [0.25, 0.3) is 33.4 Å². The molecule has 0 saturated carbocycles. The number of aromatic nitrogens is 1. The van der Waals surface area contributed by atoms with Crippen molar-refractivity contribution >= 4 is 33.2 Å². The lowest BCUT2D eigenvalue weighted by atomic mass is 10.00. The van der Waals surface area contributed by atoms with Crippen LogP contribution in [0.4, 0.5) is 4.39 Å². The second kappa shape index (κ2) is 6.90. The standard InChI is InChI=1S/C20H13FN2O3S2/c21-14-5-8-17-16(10-14)20(27)18(13-2-1-9-23-11-13)19(26-17)12-3-6-15(7-4-12)28(22,24)25/h1-11H,(H2,22,24,25). The molecule has 2 N–H and O–H groups in total. The molecule has 0 atom stereocenters. The lowest BCUT2D eigenvalue weighted by Gasteiger charge is -2.12. The fraction of sp³-hybridized carbons (Fsp3) is 0. The zero-order valence-electron chi connectivity index (χ0n) is 14.3. The first-order valence-electron chi connectivity index (χ1n) is 8.14. The summed E-state index contributed by atoms with van der Waals surface area (Å²) in [4.78, 5) is 4.11. The van der Waals surface area contributed by atoms with Gasteiger partial charge in [-0.25, -0.2) is 17.9 Å². The zero-order valence-corrected chi connectivity index (χ0v) is 15.9. The zero-order chi connectivity index (χ0) is 19.9. The maximum absolute atomic E-state index is 13.8. The molecule has 5 nitrogen and oxygen atoms in total. The van der Waals surface area contributed by atoms with Gasteiger partial charge < -0.3 is 4.42 Å². The van der Waals surface area contributed by atoms with Crippen LogP contribution < -0.4 is 5.14 Å². The molecule has 0 bridgehead atoms. The van der Waals surface area contributed by atoms with Gasteiger partial charge in [0.1, 0.15) is 17.2 Å². The van der Waals surface area contributed by atoms with Crippen LogP contribution in [-0.4, -0.2) is 13.4 Å². The Morgan fingerprint density at radius 3 is 2.43 bits per heavy atom. The van der Waals surface area contributed by atoms with Gasteiger partial charge in [-0.15, -0.1) is 0 Å². The summed E-state index contributed by atoms with van der Waals surface area (Å²) in [6.45, 7) is 0. The largest absolute Gasteiger partial charge is 0.455 e. The monoisotopic (exact) mass is 412 g/mol. The molecule has 4 rings (SSSR count). The van der Waals surface area contributed by atoms with E-state index < -0.39 is 15.8 Å². The minimum atomic E-state index is -3.81. The molecule has 2 heterocycles. The first kappa shape index (κ1) is 18.4. The Bertz CT molecular complexity index is 1350. The number of sulfonamides is 1. The van der Waals surface area contributed by atoms with Crippen molar-refractivity contribution in [3.8, 4) is 22.5 Å². The van der Waals surface area contributed by atoms with Gasteiger partial charge in [0.05, 0.1) is 9.41 Å². The van der Waals surface area contributed by atoms with Crippen molar-refractivity contribution in [1.82, 2.24) is 4.98 Å². The van der Waals surface area contributed by atoms with E-state index in [1.54, 1.807) is 30.6 Å². The second-order valence-electron chi connectivity index (χ2n) is 6.09. The Labute approximate surface area is 165 Å². The van der Waals surface area contributed by atoms with Crippen LogP contribution in [0.5, 0.6) is 0 Å². The first-order chi connectivity index (χ1) is 13.3. The Balaban J connectivity index is 2.04. The average molecular weight is 412 g/mol. The predicted molar refractivity (Wildman–Crippen MR) is 107 cm³/mol. The molecule has 0 aliphatic heterocycles. The topological polar surface area (TPSA) is 86.2 Å². The first-order valence-corrected chi connectivity index (χ1v) is 10.1. The molecule has 0 radical (unpaired) electrons. The van der Waals surface area contributed by atoms with Crippen LogP contribution >= 0.6 is 12.2 Å². The number of fused-ring (bicyclic) bond motifs is 1. The van der Waals surface area contributed by atoms with Crippen molar-refractivity contribution in [3.05, 3.63) is 77.3 Å². The maximum Gasteiger partial charge on any atom is 0.238 e. The normalized spacial score (nSPS) is 11.6. The third kappa shape index (κ3) is 3.33. The summed E-state index contributed by atoms with van der Waals surface area (Å²) in [5.74, 6) is 0.00858. The molecule has 0 fully saturated rings. The third-order valence-electron chi connectivity index (χ3n) is 4.25. The summed E-state index contributed by atoms with van der Waals surface area (Å²) >= 11 is 5.64. The highest BCUT2D eigenvalue weighted by Gasteiger charge is 2.17. The number of rotatable bonds is 3. The SMILES string of the molecule is NS(=O)(=O)c1ccc(-c2oc3ccc(F)cc3c(=S)c2-c2cccnc2)cc1. The van der Waals surface area contributed by atoms with Gasteiger partial charge in [-0.3, -0.25) is 4.98 Å². The molecule has 8 heteroatoms. The van der Waals surface area contributed by atoms with Gasteiger partial charge in [-0.2, -0.15) is 0 Å². The summed E-state index contributed by atoms with van der Waals surface area (Å²) in [6.07, 6.45) is 3.26. The van der Waals surface area contributed by atoms with Crippen LogP contribution in [-0.2, 0) is 10.0 Å². The Hall–Kier alpha value is -2.94. The summed E-state index contributed by atoms with van der Waals surface area (Å²) < 4.78 is 43.3. The van der Waals surface area contributed by atoms with Crippen LogP contribution in [0, 0.1) is 10.3 Å². The van der Waals surface area contributed by atoms with Crippen LogP contribution in [0.1, 0.15) is 0 Å². The van der Waals surface area contributed by atoms with E-state index in [1.165, 1.54) is 30.3 Å². The fourth-order valence-electron chi connectivity index (χ4n) is 2.94. The highest BCUT2D eigenvalue weighted by atomic mass is 32.2. The minimum absolute atomic E-state index is 0.0133. The fourth-order valence-corrected chi connectivity index (χ4v) is 3.83. The van der Waals surface area contributed by atoms with Crippen molar-refractivity contribution in [2.24, 2.45) is 5.14 Å². The third-order valence-corrected chi connectivity index (χ3v) is 5.60. The van der Waals surface area contributed by atoms with Gasteiger partial charge in [0.25, 0.3) is 0 Å². The van der Waals surface area contributed by atoms with Crippen LogP contribution in [0.3, 0.4) is 0 Å². The molecule has 0 spiro atoms. The van der Waals surface area contributed by atoms with Gasteiger partial charge in [-0.1, -0.05) is 18.3 Å². The van der Waals surface area contributed by atoms with E-state index in [0.29, 0.717) is 37.9 Å². The Kier molecular flexibility index (Phi) is 4.54. The summed E-state index contributed by atoms with van der Waals surface area (Å²) in [5, 5.41) is 5.64. The molecular weight excluding hydrogens is 399 g/mol. The summed E-state index contributed by atoms with van der Waals surface area (Å²) in [7, 11) is -3.81. The quantitative estimate of drug-likeness (QED) is 0.494. The van der Waals surface area contributed by atoms with Crippen molar-refractivity contribution in [2.75, 3.05) is 0 Å². The van der Waals surface area contributed by atoms with Crippen molar-refractivity contribution in [2.45, 2.75) is 4.90 Å². The van der Waals surface area contributed by atoms with Gasteiger partial charge in [-0.05, 0) is 48.5 Å². The van der Waals surface area contributed by atoms with E-state index in [2.05, 4.69) is 4.98 Å². The molecular formula is C20H13FN2O3S2.